The van der Waals surface area contributed by atoms with Crippen molar-refractivity contribution in [3.8, 4) is 0 Å². The normalized spacial score (nSPS) is 18.8. The van der Waals surface area contributed by atoms with Gasteiger partial charge < -0.3 is 9.88 Å². The number of sulfonamides is 1. The average Bonchev–Trinajstić information content (AvgIpc) is 3.52. The highest BCUT2D eigenvalue weighted by atomic mass is 32.2. The fourth-order valence-electron chi connectivity index (χ4n) is 4.51. The third-order valence-electron chi connectivity index (χ3n) is 6.52. The van der Waals surface area contributed by atoms with Crippen molar-refractivity contribution in [3.05, 3.63) is 35.7 Å². The molecule has 1 N–H and O–H groups in total. The van der Waals surface area contributed by atoms with Crippen LogP contribution in [0.4, 0.5) is 5.69 Å². The molecule has 2 aliphatic rings. The molecule has 4 rings (SSSR count). The van der Waals surface area contributed by atoms with Gasteiger partial charge >= 0.3 is 0 Å². The van der Waals surface area contributed by atoms with Crippen LogP contribution in [0.2, 0.25) is 0 Å². The first-order chi connectivity index (χ1) is 15.3. The summed E-state index contributed by atoms with van der Waals surface area (Å²) < 4.78 is 29.2. The van der Waals surface area contributed by atoms with Crippen LogP contribution in [0.3, 0.4) is 0 Å². The predicted octanol–water partition coefficient (Wildman–Crippen LogP) is 4.52. The fraction of sp³-hybridized carbons (Fsp3) is 0.565. The molecular weight excluding hydrogens is 444 g/mol. The number of aromatic nitrogens is 2. The van der Waals surface area contributed by atoms with E-state index in [1.165, 1.54) is 34.6 Å². The van der Waals surface area contributed by atoms with E-state index in [1.54, 1.807) is 24.3 Å². The zero-order valence-corrected chi connectivity index (χ0v) is 20.6. The first-order valence-electron chi connectivity index (χ1n) is 11.4. The van der Waals surface area contributed by atoms with Crippen molar-refractivity contribution in [3.63, 3.8) is 0 Å². The molecule has 1 aromatic carbocycles. The number of hydrogen-bond donors (Lipinski definition) is 1. The maximum Gasteiger partial charge on any atom is 0.243 e. The Labute approximate surface area is 195 Å². The summed E-state index contributed by atoms with van der Waals surface area (Å²) in [5.74, 6) is -0.124. The Hall–Kier alpha value is -1.84. The second-order valence-corrected chi connectivity index (χ2v) is 12.0. The number of thioether (sulfide) groups is 1. The van der Waals surface area contributed by atoms with Crippen LogP contribution in [0.25, 0.3) is 0 Å². The fourth-order valence-corrected chi connectivity index (χ4v) is 7.10. The lowest BCUT2D eigenvalue weighted by Crippen LogP contribution is -2.28. The Balaban J connectivity index is 1.42. The monoisotopic (exact) mass is 476 g/mol. The number of amides is 1. The van der Waals surface area contributed by atoms with Gasteiger partial charge in [-0.2, -0.15) is 4.31 Å². The number of aryl methyl sites for hydroxylation is 1. The predicted molar refractivity (Wildman–Crippen MR) is 128 cm³/mol. The molecule has 0 spiro atoms. The van der Waals surface area contributed by atoms with Crippen LogP contribution in [0.5, 0.6) is 0 Å². The molecule has 2 heterocycles. The summed E-state index contributed by atoms with van der Waals surface area (Å²) in [6, 6.07) is 6.93. The van der Waals surface area contributed by atoms with Crippen molar-refractivity contribution in [1.29, 1.82) is 0 Å². The van der Waals surface area contributed by atoms with Crippen LogP contribution in [0, 0.1) is 13.8 Å². The molecule has 32 heavy (non-hydrogen) atoms. The first kappa shape index (κ1) is 23.3. The molecule has 1 atom stereocenters. The van der Waals surface area contributed by atoms with Crippen molar-refractivity contribution in [1.82, 2.24) is 13.9 Å². The van der Waals surface area contributed by atoms with Gasteiger partial charge in [0.05, 0.1) is 15.8 Å². The highest BCUT2D eigenvalue weighted by Crippen LogP contribution is 2.36. The van der Waals surface area contributed by atoms with E-state index < -0.39 is 10.0 Å². The van der Waals surface area contributed by atoms with Gasteiger partial charge in [-0.25, -0.2) is 13.4 Å². The zero-order valence-electron chi connectivity index (χ0n) is 19.0. The molecule has 2 aromatic rings. The Morgan fingerprint density at radius 3 is 2.34 bits per heavy atom. The van der Waals surface area contributed by atoms with Crippen LogP contribution in [0.15, 0.2) is 34.3 Å². The van der Waals surface area contributed by atoms with E-state index in [0.29, 0.717) is 24.8 Å². The van der Waals surface area contributed by atoms with Crippen molar-refractivity contribution in [2.75, 3.05) is 18.4 Å². The Bertz CT molecular complexity index is 1070. The van der Waals surface area contributed by atoms with Crippen LogP contribution in [-0.4, -0.2) is 46.5 Å². The van der Waals surface area contributed by atoms with Gasteiger partial charge in [-0.3, -0.25) is 4.79 Å². The standard InChI is InChI=1S/C23H32N4O3S2/c1-16-17(2)27(20-8-4-5-9-20)23(24-16)31-18(3)22(28)25-19-10-12-21(13-11-19)32(29,30)26-14-6-7-15-26/h10-13,18,20H,4-9,14-15H2,1-3H3,(H,25,28)/t18-/m1/s1. The quantitative estimate of drug-likeness (QED) is 0.594. The Morgan fingerprint density at radius 2 is 1.72 bits per heavy atom. The molecule has 1 aliphatic carbocycles. The second-order valence-electron chi connectivity index (χ2n) is 8.76. The third kappa shape index (κ3) is 4.75. The van der Waals surface area contributed by atoms with E-state index in [1.807, 2.05) is 13.8 Å². The lowest BCUT2D eigenvalue weighted by Gasteiger charge is -2.19. The van der Waals surface area contributed by atoms with Crippen LogP contribution in [-0.2, 0) is 14.8 Å². The summed E-state index contributed by atoms with van der Waals surface area (Å²) >= 11 is 1.48. The number of carbonyl (C=O) groups excluding carboxylic acids is 1. The largest absolute Gasteiger partial charge is 0.325 e. The van der Waals surface area contributed by atoms with Crippen LogP contribution < -0.4 is 5.32 Å². The molecule has 1 aliphatic heterocycles. The molecule has 1 amide bonds. The summed E-state index contributed by atoms with van der Waals surface area (Å²) in [7, 11) is -3.45. The molecule has 1 saturated carbocycles. The number of hydrogen-bond acceptors (Lipinski definition) is 5. The van der Waals surface area contributed by atoms with E-state index in [-0.39, 0.29) is 16.1 Å². The van der Waals surface area contributed by atoms with E-state index in [4.69, 9.17) is 4.98 Å². The minimum atomic E-state index is -3.45. The first-order valence-corrected chi connectivity index (χ1v) is 13.7. The summed E-state index contributed by atoms with van der Waals surface area (Å²) in [6.45, 7) is 7.15. The summed E-state index contributed by atoms with van der Waals surface area (Å²) in [6.07, 6.45) is 6.62. The van der Waals surface area contributed by atoms with Gasteiger partial charge in [0, 0.05) is 30.5 Å². The minimum absolute atomic E-state index is 0.124. The maximum absolute atomic E-state index is 12.8. The average molecular weight is 477 g/mol. The Morgan fingerprint density at radius 1 is 1.09 bits per heavy atom. The molecule has 174 valence electrons. The van der Waals surface area contributed by atoms with Crippen molar-refractivity contribution in [2.45, 2.75) is 80.6 Å². The molecule has 0 unspecified atom stereocenters. The number of imidazole rings is 1. The van der Waals surface area contributed by atoms with Gasteiger partial charge in [-0.05, 0) is 70.7 Å². The molecule has 2 fully saturated rings. The number of nitrogens with zero attached hydrogens (tertiary/aromatic N) is 3. The lowest BCUT2D eigenvalue weighted by atomic mass is 10.2. The number of nitrogens with one attached hydrogen (secondary N) is 1. The zero-order chi connectivity index (χ0) is 22.9. The maximum atomic E-state index is 12.8. The van der Waals surface area contributed by atoms with Gasteiger partial charge in [0.1, 0.15) is 0 Å². The van der Waals surface area contributed by atoms with Gasteiger partial charge in [-0.15, -0.1) is 0 Å². The van der Waals surface area contributed by atoms with Crippen LogP contribution >= 0.6 is 11.8 Å². The highest BCUT2D eigenvalue weighted by molar-refractivity contribution is 8.00. The highest BCUT2D eigenvalue weighted by Gasteiger charge is 2.28. The molecule has 9 heteroatoms. The van der Waals surface area contributed by atoms with Crippen LogP contribution in [0.1, 0.15) is 62.9 Å². The van der Waals surface area contributed by atoms with Gasteiger partial charge in [0.15, 0.2) is 5.16 Å². The van der Waals surface area contributed by atoms with E-state index in [9.17, 15) is 13.2 Å². The topological polar surface area (TPSA) is 84.3 Å². The van der Waals surface area contributed by atoms with Gasteiger partial charge in [0.2, 0.25) is 15.9 Å². The minimum Gasteiger partial charge on any atom is -0.325 e. The number of rotatable bonds is 7. The number of benzene rings is 1. The third-order valence-corrected chi connectivity index (χ3v) is 9.50. The van der Waals surface area contributed by atoms with E-state index >= 15 is 0 Å². The molecule has 1 saturated heterocycles. The van der Waals surface area contributed by atoms with E-state index in [0.717, 1.165) is 36.5 Å². The molecular formula is C23H32N4O3S2. The second kappa shape index (κ2) is 9.57. The summed E-state index contributed by atoms with van der Waals surface area (Å²) in [5.41, 5.74) is 2.79. The van der Waals surface area contributed by atoms with Gasteiger partial charge in [-0.1, -0.05) is 24.6 Å². The van der Waals surface area contributed by atoms with Gasteiger partial charge in [0.25, 0.3) is 0 Å². The molecule has 7 nitrogen and oxygen atoms in total. The smallest absolute Gasteiger partial charge is 0.243 e. The lowest BCUT2D eigenvalue weighted by molar-refractivity contribution is -0.115. The summed E-state index contributed by atoms with van der Waals surface area (Å²) in [4.78, 5) is 17.8. The van der Waals surface area contributed by atoms with E-state index in [2.05, 4.69) is 16.8 Å². The molecule has 0 radical (unpaired) electrons. The number of carbonyl (C=O) groups is 1. The van der Waals surface area contributed by atoms with Crippen molar-refractivity contribution >= 4 is 33.4 Å². The molecule has 1 aromatic heterocycles. The molecule has 0 bridgehead atoms. The Kier molecular flexibility index (Phi) is 6.97. The number of anilines is 1. The SMILES string of the molecule is Cc1nc(S[C@H](C)C(=O)Nc2ccc(S(=O)(=O)N3CCCC3)cc2)n(C2CCCC2)c1C. The summed E-state index contributed by atoms with van der Waals surface area (Å²) in [5, 5.41) is 3.49. The van der Waals surface area contributed by atoms with Crippen molar-refractivity contribution in [2.24, 2.45) is 0 Å². The van der Waals surface area contributed by atoms with Crippen molar-refractivity contribution < 1.29 is 13.2 Å².